The van der Waals surface area contributed by atoms with Gasteiger partial charge in [-0.2, -0.15) is 0 Å². The molecule has 27 heavy (non-hydrogen) atoms. The zero-order chi connectivity index (χ0) is 19.7. The fourth-order valence-corrected chi connectivity index (χ4v) is 3.88. The van der Waals surface area contributed by atoms with E-state index >= 15 is 0 Å². The Morgan fingerprint density at radius 3 is 2.67 bits per heavy atom. The molecule has 0 radical (unpaired) electrons. The Bertz CT molecular complexity index is 884. The first-order valence-corrected chi connectivity index (χ1v) is 9.67. The van der Waals surface area contributed by atoms with E-state index in [0.29, 0.717) is 35.3 Å². The van der Waals surface area contributed by atoms with Crippen molar-refractivity contribution in [2.45, 2.75) is 40.0 Å². The summed E-state index contributed by atoms with van der Waals surface area (Å²) in [5, 5.41) is 1.03. The van der Waals surface area contributed by atoms with E-state index in [9.17, 15) is 4.79 Å². The first-order chi connectivity index (χ1) is 12.8. The molecule has 0 saturated heterocycles. The van der Waals surface area contributed by atoms with Crippen molar-refractivity contribution in [1.29, 1.82) is 0 Å². The molecule has 1 aromatic heterocycles. The number of aryl methyl sites for hydroxylation is 1. The Labute approximate surface area is 169 Å². The fraction of sp³-hybridized carbons (Fsp3) is 0.400. The number of fused-ring (bicyclic) bond motifs is 1. The summed E-state index contributed by atoms with van der Waals surface area (Å²) in [6.45, 7) is 7.57. The van der Waals surface area contributed by atoms with Gasteiger partial charge in [-0.05, 0) is 38.5 Å². The lowest BCUT2D eigenvalue weighted by molar-refractivity contribution is 0.0496. The number of rotatable bonds is 6. The first kappa shape index (κ1) is 20.1. The second kappa shape index (κ2) is 8.15. The van der Waals surface area contributed by atoms with Crippen molar-refractivity contribution < 1.29 is 9.53 Å². The summed E-state index contributed by atoms with van der Waals surface area (Å²) in [4.78, 5) is 19.6. The van der Waals surface area contributed by atoms with E-state index in [1.165, 1.54) is 0 Å². The molecule has 2 aromatic rings. The van der Waals surface area contributed by atoms with Gasteiger partial charge in [0.25, 0.3) is 5.91 Å². The second-order valence-corrected chi connectivity index (χ2v) is 7.69. The van der Waals surface area contributed by atoms with Gasteiger partial charge in [0, 0.05) is 40.0 Å². The Kier molecular flexibility index (Phi) is 6.06. The van der Waals surface area contributed by atoms with Crippen molar-refractivity contribution in [3.8, 4) is 11.1 Å². The smallest absolute Gasteiger partial charge is 0.256 e. The molecule has 1 aromatic carbocycles. The lowest BCUT2D eigenvalue weighted by atomic mass is 9.93. The number of hydrogen-bond donors (Lipinski definition) is 1. The number of aromatic nitrogens is 1. The van der Waals surface area contributed by atoms with Crippen LogP contribution in [0.15, 0.2) is 18.2 Å². The molecule has 7 heteroatoms. The van der Waals surface area contributed by atoms with E-state index in [0.717, 1.165) is 28.1 Å². The van der Waals surface area contributed by atoms with Gasteiger partial charge < -0.3 is 15.4 Å². The molecule has 0 bridgehead atoms. The minimum Gasteiger partial charge on any atom is -0.377 e. The lowest BCUT2D eigenvalue weighted by Gasteiger charge is -2.17. The molecule has 5 nitrogen and oxygen atoms in total. The van der Waals surface area contributed by atoms with Gasteiger partial charge in [-0.25, -0.2) is 0 Å². The van der Waals surface area contributed by atoms with Gasteiger partial charge in [-0.15, -0.1) is 0 Å². The molecule has 0 saturated carbocycles. The molecule has 1 amide bonds. The average Bonchev–Trinajstić information content (AvgIpc) is 2.89. The van der Waals surface area contributed by atoms with Gasteiger partial charge in [0.15, 0.2) is 0 Å². The van der Waals surface area contributed by atoms with E-state index < -0.39 is 0 Å². The van der Waals surface area contributed by atoms with Crippen LogP contribution in [0.4, 0.5) is 0 Å². The van der Waals surface area contributed by atoms with Gasteiger partial charge >= 0.3 is 0 Å². The maximum atomic E-state index is 13.1. The van der Waals surface area contributed by atoms with Gasteiger partial charge in [-0.3, -0.25) is 9.78 Å². The molecule has 0 aliphatic carbocycles. The molecular weight excluding hydrogens is 385 g/mol. The number of amides is 1. The zero-order valence-electron chi connectivity index (χ0n) is 15.7. The minimum atomic E-state index is -0.0689. The summed E-state index contributed by atoms with van der Waals surface area (Å²) >= 11 is 12.5. The highest BCUT2D eigenvalue weighted by molar-refractivity contribution is 6.36. The third kappa shape index (κ3) is 3.97. The topological polar surface area (TPSA) is 68.5 Å². The van der Waals surface area contributed by atoms with Gasteiger partial charge in [0.1, 0.15) is 0 Å². The molecule has 0 spiro atoms. The number of halogens is 2. The maximum absolute atomic E-state index is 13.1. The lowest BCUT2D eigenvalue weighted by Crippen LogP contribution is -2.29. The van der Waals surface area contributed by atoms with Crippen LogP contribution in [0.3, 0.4) is 0 Å². The van der Waals surface area contributed by atoms with Crippen LogP contribution in [0.1, 0.15) is 41.2 Å². The van der Waals surface area contributed by atoms with E-state index in [4.69, 9.17) is 33.7 Å². The molecule has 144 valence electrons. The largest absolute Gasteiger partial charge is 0.377 e. The molecule has 2 N–H and O–H groups in total. The van der Waals surface area contributed by atoms with E-state index in [1.54, 1.807) is 17.0 Å². The summed E-state index contributed by atoms with van der Waals surface area (Å²) in [6.07, 6.45) is 0.123. The summed E-state index contributed by atoms with van der Waals surface area (Å²) in [5.74, 6) is -0.0689. The van der Waals surface area contributed by atoms with Crippen molar-refractivity contribution in [3.05, 3.63) is 50.8 Å². The van der Waals surface area contributed by atoms with E-state index in [1.807, 2.05) is 26.8 Å². The Morgan fingerprint density at radius 1 is 1.30 bits per heavy atom. The number of ether oxygens (including phenoxy) is 1. The molecule has 0 unspecified atom stereocenters. The highest BCUT2D eigenvalue weighted by Gasteiger charge is 2.34. The van der Waals surface area contributed by atoms with Crippen molar-refractivity contribution in [2.75, 3.05) is 13.2 Å². The van der Waals surface area contributed by atoms with Crippen molar-refractivity contribution in [2.24, 2.45) is 5.73 Å². The van der Waals surface area contributed by atoms with Crippen LogP contribution in [0.25, 0.3) is 11.1 Å². The van der Waals surface area contributed by atoms with Crippen LogP contribution in [-0.4, -0.2) is 35.0 Å². The van der Waals surface area contributed by atoms with Crippen molar-refractivity contribution >= 4 is 29.1 Å². The predicted octanol–water partition coefficient (Wildman–Crippen LogP) is 4.20. The second-order valence-electron chi connectivity index (χ2n) is 6.85. The molecule has 1 aliphatic heterocycles. The van der Waals surface area contributed by atoms with Crippen LogP contribution in [0, 0.1) is 6.92 Å². The number of nitrogens with zero attached hydrogens (tertiary/aromatic N) is 2. The summed E-state index contributed by atoms with van der Waals surface area (Å²) in [7, 11) is 0. The third-order valence-electron chi connectivity index (χ3n) is 4.64. The quantitative estimate of drug-likeness (QED) is 0.778. The van der Waals surface area contributed by atoms with Gasteiger partial charge in [-0.1, -0.05) is 29.3 Å². The van der Waals surface area contributed by atoms with Crippen LogP contribution in [0.2, 0.25) is 10.0 Å². The van der Waals surface area contributed by atoms with E-state index in [2.05, 4.69) is 4.98 Å². The summed E-state index contributed by atoms with van der Waals surface area (Å²) in [5.41, 5.74) is 10.5. The molecule has 2 heterocycles. The highest BCUT2D eigenvalue weighted by Crippen LogP contribution is 2.39. The maximum Gasteiger partial charge on any atom is 0.256 e. The number of benzene rings is 1. The van der Waals surface area contributed by atoms with Crippen molar-refractivity contribution in [1.82, 2.24) is 9.88 Å². The SMILES string of the molecule is Cc1nc2c(c(-c3ccc(Cl)cc3Cl)c1CN)C(=O)N(CCOC(C)C)C2. The fourth-order valence-electron chi connectivity index (χ4n) is 3.38. The van der Waals surface area contributed by atoms with Gasteiger partial charge in [0.05, 0.1) is 30.5 Å². The van der Waals surface area contributed by atoms with E-state index in [-0.39, 0.29) is 18.6 Å². The average molecular weight is 408 g/mol. The number of hydrogen-bond acceptors (Lipinski definition) is 4. The molecule has 0 fully saturated rings. The highest BCUT2D eigenvalue weighted by atomic mass is 35.5. The number of carbonyl (C=O) groups is 1. The Hall–Kier alpha value is -1.66. The third-order valence-corrected chi connectivity index (χ3v) is 5.19. The number of pyridine rings is 1. The number of carbonyl (C=O) groups excluding carboxylic acids is 1. The van der Waals surface area contributed by atoms with Crippen LogP contribution >= 0.6 is 23.2 Å². The molecule has 3 rings (SSSR count). The van der Waals surface area contributed by atoms with Crippen molar-refractivity contribution in [3.63, 3.8) is 0 Å². The first-order valence-electron chi connectivity index (χ1n) is 8.92. The monoisotopic (exact) mass is 407 g/mol. The standard InChI is InChI=1S/C20H23Cl2N3O2/c1-11(2)27-7-6-25-10-17-19(20(25)26)18(15(9-23)12(3)24-17)14-5-4-13(21)8-16(14)22/h4-5,8,11H,6-7,9-10,23H2,1-3H3. The molecule has 0 atom stereocenters. The predicted molar refractivity (Wildman–Crippen MR) is 108 cm³/mol. The Morgan fingerprint density at radius 2 is 2.04 bits per heavy atom. The van der Waals surface area contributed by atoms with Crippen LogP contribution in [-0.2, 0) is 17.8 Å². The number of nitrogens with two attached hydrogens (primary N) is 1. The van der Waals surface area contributed by atoms with Gasteiger partial charge in [0.2, 0.25) is 0 Å². The summed E-state index contributed by atoms with van der Waals surface area (Å²) in [6, 6.07) is 5.27. The molecular formula is C20H23Cl2N3O2. The van der Waals surface area contributed by atoms with Crippen LogP contribution in [0.5, 0.6) is 0 Å². The zero-order valence-corrected chi connectivity index (χ0v) is 17.2. The van der Waals surface area contributed by atoms with Crippen LogP contribution < -0.4 is 5.73 Å². The summed E-state index contributed by atoms with van der Waals surface area (Å²) < 4.78 is 5.60. The molecule has 1 aliphatic rings. The Balaban J connectivity index is 2.07. The minimum absolute atomic E-state index is 0.0689. The normalized spacial score (nSPS) is 13.6.